The van der Waals surface area contributed by atoms with E-state index in [-0.39, 0.29) is 0 Å². The minimum atomic E-state index is 1.02. The van der Waals surface area contributed by atoms with E-state index in [2.05, 4.69) is 12.1 Å². The summed E-state index contributed by atoms with van der Waals surface area (Å²) in [6, 6.07) is 19.9. The Balaban J connectivity index is 2.12. The second kappa shape index (κ2) is 4.42. The van der Waals surface area contributed by atoms with Crippen molar-refractivity contribution in [3.63, 3.8) is 0 Å². The first-order valence-electron chi connectivity index (χ1n) is 4.83. The van der Waals surface area contributed by atoms with Crippen LogP contribution in [0.25, 0.3) is 0 Å². The number of rotatable bonds is 3. The highest BCUT2D eigenvalue weighted by atomic mass is 15.4. The summed E-state index contributed by atoms with van der Waals surface area (Å²) in [4.78, 5) is 0. The zero-order valence-electron chi connectivity index (χ0n) is 8.43. The van der Waals surface area contributed by atoms with Gasteiger partial charge >= 0.3 is 0 Å². The van der Waals surface area contributed by atoms with E-state index in [4.69, 9.17) is 0 Å². The molecule has 0 fully saturated rings. The average molecular weight is 197 g/mol. The fourth-order valence-corrected chi connectivity index (χ4v) is 1.34. The zero-order valence-corrected chi connectivity index (χ0v) is 8.43. The van der Waals surface area contributed by atoms with Gasteiger partial charge in [-0.25, -0.2) is 0 Å². The van der Waals surface area contributed by atoms with Crippen LogP contribution >= 0.6 is 0 Å². The van der Waals surface area contributed by atoms with Gasteiger partial charge in [-0.2, -0.15) is 5.43 Å². The molecule has 2 nitrogen and oxygen atoms in total. The standard InChI is InChI=1S/C13H13N2/c1-15(13-10-6-3-7-11-13)14-12-8-4-2-5-9-12/h2-11,14H,1H2/q+1. The molecule has 74 valence electrons. The first-order chi connectivity index (χ1) is 7.36. The first-order valence-corrected chi connectivity index (χ1v) is 4.83. The number of nitrogens with zero attached hydrogens (tertiary/aromatic N) is 1. The molecule has 0 amide bonds. The van der Waals surface area contributed by atoms with Gasteiger partial charge in [-0.1, -0.05) is 41.1 Å². The van der Waals surface area contributed by atoms with Gasteiger partial charge in [-0.05, 0) is 12.1 Å². The molecule has 0 aliphatic carbocycles. The summed E-state index contributed by atoms with van der Waals surface area (Å²) < 4.78 is 1.75. The molecule has 0 saturated carbocycles. The van der Waals surface area contributed by atoms with Crippen molar-refractivity contribution < 1.29 is 4.68 Å². The van der Waals surface area contributed by atoms with Gasteiger partial charge in [0.15, 0.2) is 6.72 Å². The molecule has 2 rings (SSSR count). The van der Waals surface area contributed by atoms with Gasteiger partial charge in [0.1, 0.15) is 0 Å². The maximum atomic E-state index is 3.93. The molecule has 0 saturated heterocycles. The van der Waals surface area contributed by atoms with Crippen LogP contribution in [-0.2, 0) is 0 Å². The molecule has 15 heavy (non-hydrogen) atoms. The van der Waals surface area contributed by atoms with Crippen molar-refractivity contribution in [2.24, 2.45) is 0 Å². The quantitative estimate of drug-likeness (QED) is 0.454. The number of hydrogen-bond donors (Lipinski definition) is 1. The largest absolute Gasteiger partial charge is 0.234 e. The predicted molar refractivity (Wildman–Crippen MR) is 63.5 cm³/mol. The van der Waals surface area contributed by atoms with Crippen molar-refractivity contribution in [2.75, 3.05) is 5.43 Å². The minimum absolute atomic E-state index is 1.02. The lowest BCUT2D eigenvalue weighted by molar-refractivity contribution is -0.394. The molecule has 0 aliphatic heterocycles. The fourth-order valence-electron chi connectivity index (χ4n) is 1.34. The predicted octanol–water partition coefficient (Wildman–Crippen LogP) is 3.06. The van der Waals surface area contributed by atoms with E-state index < -0.39 is 0 Å². The molecular formula is C13H13N2+. The normalized spacial score (nSPS) is 9.60. The van der Waals surface area contributed by atoms with Gasteiger partial charge in [0.2, 0.25) is 5.69 Å². The Hall–Kier alpha value is -2.09. The van der Waals surface area contributed by atoms with Crippen molar-refractivity contribution in [3.8, 4) is 0 Å². The minimum Gasteiger partial charge on any atom is -0.161 e. The van der Waals surface area contributed by atoms with Gasteiger partial charge in [0.25, 0.3) is 0 Å². The van der Waals surface area contributed by atoms with Crippen LogP contribution in [0.15, 0.2) is 60.7 Å². The van der Waals surface area contributed by atoms with Crippen LogP contribution in [0.2, 0.25) is 0 Å². The van der Waals surface area contributed by atoms with E-state index in [0.717, 1.165) is 11.4 Å². The van der Waals surface area contributed by atoms with E-state index >= 15 is 0 Å². The van der Waals surface area contributed by atoms with Crippen LogP contribution < -0.4 is 5.43 Å². The number of hydrazine groups is 1. The third-order valence-electron chi connectivity index (χ3n) is 2.11. The Morgan fingerprint density at radius 3 is 1.93 bits per heavy atom. The van der Waals surface area contributed by atoms with Gasteiger partial charge in [0.05, 0.1) is 5.69 Å². The van der Waals surface area contributed by atoms with Crippen LogP contribution in [0, 0.1) is 0 Å². The van der Waals surface area contributed by atoms with Gasteiger partial charge in [-0.3, -0.25) is 0 Å². The van der Waals surface area contributed by atoms with Crippen molar-refractivity contribution in [2.45, 2.75) is 0 Å². The van der Waals surface area contributed by atoms with Crippen LogP contribution in [0.3, 0.4) is 0 Å². The number of hydrogen-bond acceptors (Lipinski definition) is 1. The lowest BCUT2D eigenvalue weighted by Gasteiger charge is -2.02. The van der Waals surface area contributed by atoms with Gasteiger partial charge < -0.3 is 0 Å². The molecule has 2 aromatic rings. The maximum absolute atomic E-state index is 3.93. The highest BCUT2D eigenvalue weighted by Crippen LogP contribution is 2.12. The van der Waals surface area contributed by atoms with Crippen LogP contribution in [-0.4, -0.2) is 11.4 Å². The summed E-state index contributed by atoms with van der Waals surface area (Å²) in [6.07, 6.45) is 0. The van der Waals surface area contributed by atoms with Gasteiger partial charge in [-0.15, -0.1) is 0 Å². The Kier molecular flexibility index (Phi) is 2.79. The second-order valence-corrected chi connectivity index (χ2v) is 3.24. The molecule has 1 N–H and O–H groups in total. The Morgan fingerprint density at radius 2 is 1.33 bits per heavy atom. The Labute approximate surface area is 89.5 Å². The van der Waals surface area contributed by atoms with Crippen molar-refractivity contribution in [3.05, 3.63) is 60.7 Å². The van der Waals surface area contributed by atoms with E-state index in [0.29, 0.717) is 0 Å². The van der Waals surface area contributed by atoms with Crippen molar-refractivity contribution in [1.82, 2.24) is 0 Å². The zero-order chi connectivity index (χ0) is 10.5. The monoisotopic (exact) mass is 197 g/mol. The number of benzene rings is 2. The second-order valence-electron chi connectivity index (χ2n) is 3.24. The van der Waals surface area contributed by atoms with Crippen LogP contribution in [0.4, 0.5) is 11.4 Å². The van der Waals surface area contributed by atoms with E-state index in [1.165, 1.54) is 0 Å². The average Bonchev–Trinajstić information content (AvgIpc) is 2.31. The third kappa shape index (κ3) is 2.44. The summed E-state index contributed by atoms with van der Waals surface area (Å²) in [5.41, 5.74) is 5.23. The summed E-state index contributed by atoms with van der Waals surface area (Å²) in [5.74, 6) is 0. The molecule has 0 atom stereocenters. The van der Waals surface area contributed by atoms with E-state index in [1.807, 2.05) is 60.7 Å². The number of para-hydroxylation sites is 2. The summed E-state index contributed by atoms with van der Waals surface area (Å²) in [6.45, 7) is 3.93. The molecule has 0 radical (unpaired) electrons. The van der Waals surface area contributed by atoms with Crippen LogP contribution in [0.5, 0.6) is 0 Å². The first kappa shape index (κ1) is 9.46. The maximum Gasteiger partial charge on any atom is 0.234 e. The molecule has 0 spiro atoms. The lowest BCUT2D eigenvalue weighted by atomic mass is 10.3. The van der Waals surface area contributed by atoms with E-state index in [1.54, 1.807) is 4.68 Å². The van der Waals surface area contributed by atoms with E-state index in [9.17, 15) is 0 Å². The molecule has 0 heterocycles. The van der Waals surface area contributed by atoms with Crippen molar-refractivity contribution >= 4 is 18.1 Å². The molecule has 0 bridgehead atoms. The topological polar surface area (TPSA) is 15.0 Å². The Bertz CT molecular complexity index is 435. The fraction of sp³-hybridized carbons (Fsp3) is 0. The SMILES string of the molecule is C=[N+](Nc1ccccc1)c1ccccc1. The number of anilines is 1. The summed E-state index contributed by atoms with van der Waals surface area (Å²) >= 11 is 0. The number of nitrogens with one attached hydrogen (secondary N) is 1. The molecular weight excluding hydrogens is 184 g/mol. The third-order valence-corrected chi connectivity index (χ3v) is 2.11. The molecule has 0 aromatic heterocycles. The highest BCUT2D eigenvalue weighted by Gasteiger charge is 2.04. The molecule has 2 heteroatoms. The summed E-state index contributed by atoms with van der Waals surface area (Å²) in [5, 5.41) is 0. The Morgan fingerprint density at radius 1 is 0.800 bits per heavy atom. The summed E-state index contributed by atoms with van der Waals surface area (Å²) in [7, 11) is 0. The van der Waals surface area contributed by atoms with Crippen LogP contribution in [0.1, 0.15) is 0 Å². The molecule has 2 aromatic carbocycles. The lowest BCUT2D eigenvalue weighted by Crippen LogP contribution is -2.11. The number of hydrazone groups is 1. The smallest absolute Gasteiger partial charge is 0.161 e. The molecule has 0 aliphatic rings. The molecule has 0 unspecified atom stereocenters. The van der Waals surface area contributed by atoms with Gasteiger partial charge in [0, 0.05) is 12.1 Å². The van der Waals surface area contributed by atoms with Crippen molar-refractivity contribution in [1.29, 1.82) is 0 Å². The highest BCUT2D eigenvalue weighted by molar-refractivity contribution is 5.43.